The smallest absolute Gasteiger partial charge is 0.0586 e. The average Bonchev–Trinajstić information content (AvgIpc) is 2.76. The fourth-order valence-electron chi connectivity index (χ4n) is 4.24. The van der Waals surface area contributed by atoms with Gasteiger partial charge in [0.1, 0.15) is 0 Å². The Bertz CT molecular complexity index is 285. The van der Waals surface area contributed by atoms with Crippen molar-refractivity contribution in [2.75, 3.05) is 32.8 Å². The van der Waals surface area contributed by atoms with E-state index in [9.17, 15) is 5.11 Å². The van der Waals surface area contributed by atoms with Crippen molar-refractivity contribution in [1.29, 1.82) is 0 Å². The fourth-order valence-corrected chi connectivity index (χ4v) is 4.24. The molecule has 1 saturated carbocycles. The second-order valence-corrected chi connectivity index (χ2v) is 7.89. The SMILES string of the molecule is CC(C)CNCC1(CN2CCCC2CO)CCCCCC1. The minimum absolute atomic E-state index is 0.343. The van der Waals surface area contributed by atoms with E-state index in [0.29, 0.717) is 18.1 Å². The maximum Gasteiger partial charge on any atom is 0.0586 e. The molecule has 1 unspecified atom stereocenters. The monoisotopic (exact) mass is 296 g/mol. The standard InChI is InChI=1S/C18H36N2O/c1-16(2)12-19-14-18(9-5-3-4-6-10-18)15-20-11-7-8-17(20)13-21/h16-17,19,21H,3-15H2,1-2H3. The fraction of sp³-hybridized carbons (Fsp3) is 1.00. The Kier molecular flexibility index (Phi) is 6.97. The van der Waals surface area contributed by atoms with Crippen molar-refractivity contribution >= 4 is 0 Å². The topological polar surface area (TPSA) is 35.5 Å². The molecule has 0 aromatic heterocycles. The minimum Gasteiger partial charge on any atom is -0.395 e. The summed E-state index contributed by atoms with van der Waals surface area (Å²) in [6.45, 7) is 9.60. The molecule has 0 aromatic rings. The highest BCUT2D eigenvalue weighted by molar-refractivity contribution is 4.90. The first-order valence-corrected chi connectivity index (χ1v) is 9.21. The molecule has 3 nitrogen and oxygen atoms in total. The Labute approximate surface area is 131 Å². The Morgan fingerprint density at radius 3 is 2.48 bits per heavy atom. The van der Waals surface area contributed by atoms with E-state index >= 15 is 0 Å². The van der Waals surface area contributed by atoms with Crippen LogP contribution in [0, 0.1) is 11.3 Å². The predicted molar refractivity (Wildman–Crippen MR) is 89.5 cm³/mol. The van der Waals surface area contributed by atoms with Crippen molar-refractivity contribution in [3.8, 4) is 0 Å². The maximum atomic E-state index is 9.60. The molecule has 2 rings (SSSR count). The van der Waals surface area contributed by atoms with Crippen molar-refractivity contribution in [3.63, 3.8) is 0 Å². The van der Waals surface area contributed by atoms with Crippen LogP contribution in [0.15, 0.2) is 0 Å². The molecule has 1 heterocycles. The van der Waals surface area contributed by atoms with Crippen LogP contribution in [0.4, 0.5) is 0 Å². The number of rotatable bonds is 7. The zero-order chi connectivity index (χ0) is 15.1. The molecule has 21 heavy (non-hydrogen) atoms. The summed E-state index contributed by atoms with van der Waals surface area (Å²) in [6, 6.07) is 0.426. The van der Waals surface area contributed by atoms with Crippen LogP contribution in [0.25, 0.3) is 0 Å². The molecule has 124 valence electrons. The van der Waals surface area contributed by atoms with E-state index in [2.05, 4.69) is 24.1 Å². The van der Waals surface area contributed by atoms with E-state index in [1.807, 2.05) is 0 Å². The van der Waals surface area contributed by atoms with E-state index in [0.717, 1.165) is 12.5 Å². The van der Waals surface area contributed by atoms with Crippen LogP contribution in [0.5, 0.6) is 0 Å². The van der Waals surface area contributed by atoms with E-state index in [1.165, 1.54) is 71.0 Å². The molecule has 2 N–H and O–H groups in total. The molecule has 1 atom stereocenters. The van der Waals surface area contributed by atoms with Gasteiger partial charge in [-0.15, -0.1) is 0 Å². The number of aliphatic hydroxyl groups is 1. The molecule has 1 aliphatic heterocycles. The van der Waals surface area contributed by atoms with Crippen LogP contribution in [0.3, 0.4) is 0 Å². The number of likely N-dealkylation sites (tertiary alicyclic amines) is 1. The molecule has 2 aliphatic rings. The highest BCUT2D eigenvalue weighted by atomic mass is 16.3. The van der Waals surface area contributed by atoms with Gasteiger partial charge in [-0.1, -0.05) is 39.5 Å². The van der Waals surface area contributed by atoms with Gasteiger partial charge in [-0.05, 0) is 50.1 Å². The lowest BCUT2D eigenvalue weighted by Gasteiger charge is -2.39. The van der Waals surface area contributed by atoms with Crippen molar-refractivity contribution in [1.82, 2.24) is 10.2 Å². The molecule has 0 bridgehead atoms. The van der Waals surface area contributed by atoms with Gasteiger partial charge >= 0.3 is 0 Å². The lowest BCUT2D eigenvalue weighted by Crippen LogP contribution is -2.47. The summed E-state index contributed by atoms with van der Waals surface area (Å²) in [6.07, 6.45) is 10.8. The highest BCUT2D eigenvalue weighted by Crippen LogP contribution is 2.37. The lowest BCUT2D eigenvalue weighted by atomic mass is 9.79. The van der Waals surface area contributed by atoms with Gasteiger partial charge in [0.2, 0.25) is 0 Å². The molecule has 0 spiro atoms. The quantitative estimate of drug-likeness (QED) is 0.709. The summed E-state index contributed by atoms with van der Waals surface area (Å²) < 4.78 is 0. The first kappa shape index (κ1) is 17.2. The third kappa shape index (κ3) is 5.22. The maximum absolute atomic E-state index is 9.60. The summed E-state index contributed by atoms with van der Waals surface area (Å²) in [7, 11) is 0. The number of nitrogens with zero attached hydrogens (tertiary/aromatic N) is 1. The lowest BCUT2D eigenvalue weighted by molar-refractivity contribution is 0.0888. The first-order chi connectivity index (χ1) is 10.2. The molecule has 1 saturated heterocycles. The van der Waals surface area contributed by atoms with Crippen molar-refractivity contribution in [3.05, 3.63) is 0 Å². The summed E-state index contributed by atoms with van der Waals surface area (Å²) in [4.78, 5) is 2.59. The number of aliphatic hydroxyl groups excluding tert-OH is 1. The molecule has 0 radical (unpaired) electrons. The van der Waals surface area contributed by atoms with Crippen LogP contribution >= 0.6 is 0 Å². The van der Waals surface area contributed by atoms with Crippen molar-refractivity contribution in [2.45, 2.75) is 71.3 Å². The number of nitrogens with one attached hydrogen (secondary N) is 1. The zero-order valence-electron chi connectivity index (χ0n) is 14.2. The van der Waals surface area contributed by atoms with Crippen LogP contribution in [-0.4, -0.2) is 48.8 Å². The zero-order valence-corrected chi connectivity index (χ0v) is 14.2. The van der Waals surface area contributed by atoms with Gasteiger partial charge in [0.05, 0.1) is 6.61 Å². The van der Waals surface area contributed by atoms with E-state index in [-0.39, 0.29) is 0 Å². The number of hydrogen-bond acceptors (Lipinski definition) is 3. The average molecular weight is 296 g/mol. The second-order valence-electron chi connectivity index (χ2n) is 7.89. The molecule has 1 aliphatic carbocycles. The van der Waals surface area contributed by atoms with Gasteiger partial charge in [0, 0.05) is 19.1 Å². The minimum atomic E-state index is 0.343. The molecule has 0 aromatic carbocycles. The number of hydrogen-bond donors (Lipinski definition) is 2. The van der Waals surface area contributed by atoms with E-state index in [1.54, 1.807) is 0 Å². The van der Waals surface area contributed by atoms with Crippen LogP contribution in [0.1, 0.15) is 65.2 Å². The van der Waals surface area contributed by atoms with Crippen LogP contribution in [-0.2, 0) is 0 Å². The molecular formula is C18H36N2O. The summed E-state index contributed by atoms with van der Waals surface area (Å²) in [5.41, 5.74) is 0.448. The predicted octanol–water partition coefficient (Wildman–Crippen LogP) is 3.03. The third-order valence-electron chi connectivity index (χ3n) is 5.47. The molecule has 0 amide bonds. The molecule has 2 fully saturated rings. The molecule has 3 heteroatoms. The Balaban J connectivity index is 1.96. The van der Waals surface area contributed by atoms with Gasteiger partial charge < -0.3 is 10.4 Å². The van der Waals surface area contributed by atoms with Gasteiger partial charge in [0.25, 0.3) is 0 Å². The Morgan fingerprint density at radius 2 is 1.86 bits per heavy atom. The van der Waals surface area contributed by atoms with Crippen molar-refractivity contribution in [2.24, 2.45) is 11.3 Å². The Morgan fingerprint density at radius 1 is 1.14 bits per heavy atom. The van der Waals surface area contributed by atoms with Crippen molar-refractivity contribution < 1.29 is 5.11 Å². The van der Waals surface area contributed by atoms with Gasteiger partial charge in [-0.3, -0.25) is 4.90 Å². The summed E-state index contributed by atoms with van der Waals surface area (Å²) in [5.74, 6) is 0.727. The van der Waals surface area contributed by atoms with Crippen LogP contribution < -0.4 is 5.32 Å². The van der Waals surface area contributed by atoms with Crippen LogP contribution in [0.2, 0.25) is 0 Å². The van der Waals surface area contributed by atoms with Gasteiger partial charge in [-0.2, -0.15) is 0 Å². The largest absolute Gasteiger partial charge is 0.395 e. The highest BCUT2D eigenvalue weighted by Gasteiger charge is 2.36. The molecular weight excluding hydrogens is 260 g/mol. The van der Waals surface area contributed by atoms with Gasteiger partial charge in [0.15, 0.2) is 0 Å². The third-order valence-corrected chi connectivity index (χ3v) is 5.47. The van der Waals surface area contributed by atoms with E-state index < -0.39 is 0 Å². The summed E-state index contributed by atoms with van der Waals surface area (Å²) >= 11 is 0. The Hall–Kier alpha value is -0.120. The second kappa shape index (κ2) is 8.50. The normalized spacial score (nSPS) is 27.1. The van der Waals surface area contributed by atoms with E-state index in [4.69, 9.17) is 0 Å². The van der Waals surface area contributed by atoms with Gasteiger partial charge in [-0.25, -0.2) is 0 Å². The first-order valence-electron chi connectivity index (χ1n) is 9.21. The summed E-state index contributed by atoms with van der Waals surface area (Å²) in [5, 5.41) is 13.3.